The van der Waals surface area contributed by atoms with Gasteiger partial charge in [-0.15, -0.1) is 0 Å². The Labute approximate surface area is 175 Å². The van der Waals surface area contributed by atoms with E-state index in [9.17, 15) is 17.6 Å². The average molecular weight is 436 g/mol. The van der Waals surface area contributed by atoms with E-state index in [4.69, 9.17) is 4.42 Å². The van der Waals surface area contributed by atoms with Crippen LogP contribution in [0.5, 0.6) is 0 Å². The molecule has 2 saturated heterocycles. The molecule has 0 bridgehead atoms. The summed E-state index contributed by atoms with van der Waals surface area (Å²) in [4.78, 5) is 18.9. The van der Waals surface area contributed by atoms with E-state index in [0.717, 1.165) is 32.0 Å². The Hall–Kier alpha value is -2.26. The molecule has 3 heterocycles. The molecule has 0 N–H and O–H groups in total. The van der Waals surface area contributed by atoms with E-state index in [1.165, 1.54) is 16.4 Å². The van der Waals surface area contributed by atoms with Crippen LogP contribution in [0.2, 0.25) is 0 Å². The van der Waals surface area contributed by atoms with Crippen LogP contribution in [-0.4, -0.2) is 54.7 Å². The number of nitrogens with zero attached hydrogens (tertiary/aromatic N) is 3. The predicted octanol–water partition coefficient (Wildman–Crippen LogP) is 3.23. The van der Waals surface area contributed by atoms with Crippen molar-refractivity contribution in [3.8, 4) is 0 Å². The largest absolute Gasteiger partial charge is 0.445 e. The maximum atomic E-state index is 13.6. The highest BCUT2D eigenvalue weighted by Gasteiger charge is 2.34. The number of aryl methyl sites for hydroxylation is 2. The second-order valence-corrected chi connectivity index (χ2v) is 9.95. The van der Waals surface area contributed by atoms with Gasteiger partial charge < -0.3 is 9.32 Å². The van der Waals surface area contributed by atoms with Crippen LogP contribution in [0.15, 0.2) is 27.5 Å². The van der Waals surface area contributed by atoms with Crippen LogP contribution in [0.4, 0.5) is 4.39 Å². The first-order chi connectivity index (χ1) is 14.3. The van der Waals surface area contributed by atoms with Crippen LogP contribution in [-0.2, 0) is 10.0 Å². The highest BCUT2D eigenvalue weighted by atomic mass is 32.2. The molecule has 0 spiro atoms. The van der Waals surface area contributed by atoms with Crippen LogP contribution in [0.1, 0.15) is 59.3 Å². The normalized spacial score (nSPS) is 18.8. The molecule has 0 saturated carbocycles. The van der Waals surface area contributed by atoms with Crippen molar-refractivity contribution in [1.82, 2.24) is 14.2 Å². The summed E-state index contributed by atoms with van der Waals surface area (Å²) in [6, 6.07) is 3.81. The molecule has 2 aliphatic rings. The fourth-order valence-electron chi connectivity index (χ4n) is 4.19. The lowest BCUT2D eigenvalue weighted by Gasteiger charge is -2.30. The van der Waals surface area contributed by atoms with Gasteiger partial charge in [-0.1, -0.05) is 6.07 Å². The van der Waals surface area contributed by atoms with Crippen molar-refractivity contribution >= 4 is 15.9 Å². The fraction of sp³-hybridized carbons (Fsp3) is 0.524. The van der Waals surface area contributed by atoms with Crippen molar-refractivity contribution in [2.45, 2.75) is 50.3 Å². The molecule has 0 unspecified atom stereocenters. The maximum absolute atomic E-state index is 13.6. The van der Waals surface area contributed by atoms with Gasteiger partial charge >= 0.3 is 0 Å². The van der Waals surface area contributed by atoms with Crippen molar-refractivity contribution in [3.63, 3.8) is 0 Å². The van der Waals surface area contributed by atoms with Gasteiger partial charge in [-0.3, -0.25) is 4.79 Å². The van der Waals surface area contributed by atoms with Gasteiger partial charge in [-0.2, -0.15) is 4.31 Å². The Bertz CT molecular complexity index is 1050. The van der Waals surface area contributed by atoms with E-state index >= 15 is 0 Å². The lowest BCUT2D eigenvalue weighted by atomic mass is 9.98. The molecule has 0 radical (unpaired) electrons. The number of carbonyl (C=O) groups is 1. The number of benzene rings is 1. The minimum atomic E-state index is -3.77. The molecule has 2 aliphatic heterocycles. The molecule has 0 aliphatic carbocycles. The molecule has 1 amide bonds. The van der Waals surface area contributed by atoms with Crippen molar-refractivity contribution in [1.29, 1.82) is 0 Å². The third-order valence-electron chi connectivity index (χ3n) is 5.98. The van der Waals surface area contributed by atoms with Crippen LogP contribution in [0.25, 0.3) is 0 Å². The zero-order chi connectivity index (χ0) is 21.5. The van der Waals surface area contributed by atoms with Crippen molar-refractivity contribution in [3.05, 3.63) is 46.9 Å². The van der Waals surface area contributed by atoms with Gasteiger partial charge in [0, 0.05) is 32.1 Å². The number of carbonyl (C=O) groups excluding carboxylic acids is 1. The van der Waals surface area contributed by atoms with E-state index in [1.54, 1.807) is 18.7 Å². The summed E-state index contributed by atoms with van der Waals surface area (Å²) in [6.07, 6.45) is 3.08. The third-order valence-corrected chi connectivity index (χ3v) is 8.02. The Morgan fingerprint density at radius 2 is 1.80 bits per heavy atom. The average Bonchev–Trinajstić information content (AvgIpc) is 3.39. The summed E-state index contributed by atoms with van der Waals surface area (Å²) >= 11 is 0. The highest BCUT2D eigenvalue weighted by Crippen LogP contribution is 2.32. The second-order valence-electron chi connectivity index (χ2n) is 8.04. The zero-order valence-electron chi connectivity index (χ0n) is 17.2. The molecule has 7 nitrogen and oxygen atoms in total. The maximum Gasteiger partial charge on any atom is 0.276 e. The number of halogens is 1. The number of hydrogen-bond donors (Lipinski definition) is 0. The summed E-state index contributed by atoms with van der Waals surface area (Å²) in [6.45, 7) is 5.48. The SMILES string of the molecule is Cc1ccc(F)cc1S(=O)(=O)N1CCC(c2nc(C(=O)N3CCCC3)c(C)o2)CC1. The first kappa shape index (κ1) is 21.0. The van der Waals surface area contributed by atoms with Gasteiger partial charge in [-0.05, 0) is 57.2 Å². The number of oxazole rings is 1. The van der Waals surface area contributed by atoms with Gasteiger partial charge in [0.05, 0.1) is 4.90 Å². The minimum absolute atomic E-state index is 0.00594. The number of aromatic nitrogens is 1. The van der Waals surface area contributed by atoms with Gasteiger partial charge in [0.15, 0.2) is 11.6 Å². The summed E-state index contributed by atoms with van der Waals surface area (Å²) < 4.78 is 46.7. The minimum Gasteiger partial charge on any atom is -0.445 e. The molecule has 2 aromatic rings. The third kappa shape index (κ3) is 3.88. The van der Waals surface area contributed by atoms with Crippen molar-refractivity contribution < 1.29 is 22.0 Å². The number of amides is 1. The van der Waals surface area contributed by atoms with E-state index in [2.05, 4.69) is 4.98 Å². The molecule has 1 aromatic carbocycles. The number of hydrogen-bond acceptors (Lipinski definition) is 5. The van der Waals surface area contributed by atoms with Crippen LogP contribution < -0.4 is 0 Å². The second kappa shape index (κ2) is 8.11. The first-order valence-corrected chi connectivity index (χ1v) is 11.7. The van der Waals surface area contributed by atoms with Gasteiger partial charge in [0.25, 0.3) is 5.91 Å². The Morgan fingerprint density at radius 1 is 1.13 bits per heavy atom. The number of likely N-dealkylation sites (tertiary alicyclic amines) is 1. The molecule has 30 heavy (non-hydrogen) atoms. The number of sulfonamides is 1. The summed E-state index contributed by atoms with van der Waals surface area (Å²) in [7, 11) is -3.77. The predicted molar refractivity (Wildman–Crippen MR) is 108 cm³/mol. The smallest absolute Gasteiger partial charge is 0.276 e. The Kier molecular flexibility index (Phi) is 5.67. The topological polar surface area (TPSA) is 83.7 Å². The van der Waals surface area contributed by atoms with Crippen molar-refractivity contribution in [2.24, 2.45) is 0 Å². The van der Waals surface area contributed by atoms with E-state index in [1.807, 2.05) is 0 Å². The summed E-state index contributed by atoms with van der Waals surface area (Å²) in [5.41, 5.74) is 0.879. The molecular formula is C21H26FN3O4S. The van der Waals surface area contributed by atoms with Crippen LogP contribution in [0, 0.1) is 19.7 Å². The lowest BCUT2D eigenvalue weighted by Crippen LogP contribution is -2.38. The Morgan fingerprint density at radius 3 is 2.47 bits per heavy atom. The molecule has 2 fully saturated rings. The molecule has 4 rings (SSSR count). The highest BCUT2D eigenvalue weighted by molar-refractivity contribution is 7.89. The van der Waals surface area contributed by atoms with Crippen molar-refractivity contribution in [2.75, 3.05) is 26.2 Å². The Balaban J connectivity index is 1.46. The molecular weight excluding hydrogens is 409 g/mol. The summed E-state index contributed by atoms with van der Waals surface area (Å²) in [5.74, 6) is 0.284. The van der Waals surface area contributed by atoms with E-state index in [-0.39, 0.29) is 16.7 Å². The molecule has 1 aromatic heterocycles. The molecule has 162 valence electrons. The summed E-state index contributed by atoms with van der Waals surface area (Å²) in [5, 5.41) is 0. The number of rotatable bonds is 4. The standard InChI is InChI=1S/C21H26FN3O4S/c1-14-5-6-17(22)13-18(14)30(27,28)25-11-7-16(8-12-25)20-23-19(15(2)29-20)21(26)24-9-3-4-10-24/h5-6,13,16H,3-4,7-12H2,1-2H3. The monoisotopic (exact) mass is 435 g/mol. The first-order valence-electron chi connectivity index (χ1n) is 10.3. The quantitative estimate of drug-likeness (QED) is 0.736. The van der Waals surface area contributed by atoms with Crippen LogP contribution >= 0.6 is 0 Å². The van der Waals surface area contributed by atoms with Crippen LogP contribution in [0.3, 0.4) is 0 Å². The van der Waals surface area contributed by atoms with Gasteiger partial charge in [0.1, 0.15) is 11.6 Å². The van der Waals surface area contributed by atoms with E-state index in [0.29, 0.717) is 48.8 Å². The fourth-order valence-corrected chi connectivity index (χ4v) is 5.90. The lowest BCUT2D eigenvalue weighted by molar-refractivity contribution is 0.0786. The number of piperidine rings is 1. The van der Waals surface area contributed by atoms with Gasteiger partial charge in [-0.25, -0.2) is 17.8 Å². The van der Waals surface area contributed by atoms with Gasteiger partial charge in [0.2, 0.25) is 10.0 Å². The zero-order valence-corrected chi connectivity index (χ0v) is 18.0. The van der Waals surface area contributed by atoms with E-state index < -0.39 is 15.8 Å². The molecule has 0 atom stereocenters. The molecule has 9 heteroatoms.